The van der Waals surface area contributed by atoms with Crippen molar-refractivity contribution in [3.05, 3.63) is 0 Å². The number of carbonyl (C=O) groups is 2. The Hall–Kier alpha value is -1.06. The summed E-state index contributed by atoms with van der Waals surface area (Å²) >= 11 is 0. The van der Waals surface area contributed by atoms with E-state index in [0.717, 1.165) is 31.1 Å². The van der Waals surface area contributed by atoms with Crippen LogP contribution in [0.5, 0.6) is 0 Å². The fraction of sp³-hybridized carbons (Fsp3) is 0.905. The van der Waals surface area contributed by atoms with Crippen LogP contribution in [0.4, 0.5) is 0 Å². The predicted molar refractivity (Wildman–Crippen MR) is 102 cm³/mol. The molecule has 0 aromatic rings. The van der Waals surface area contributed by atoms with Gasteiger partial charge in [0.1, 0.15) is 0 Å². The van der Waals surface area contributed by atoms with Crippen LogP contribution < -0.4 is 10.6 Å². The first-order valence-electron chi connectivity index (χ1n) is 10.8. The highest BCUT2D eigenvalue weighted by Gasteiger charge is 2.15. The lowest BCUT2D eigenvalue weighted by Gasteiger charge is -2.21. The zero-order valence-corrected chi connectivity index (χ0v) is 16.0. The van der Waals surface area contributed by atoms with Crippen LogP contribution in [0, 0.1) is 11.8 Å². The maximum atomic E-state index is 11.9. The van der Waals surface area contributed by atoms with Gasteiger partial charge in [0.15, 0.2) is 0 Å². The summed E-state index contributed by atoms with van der Waals surface area (Å²) in [5.74, 6) is 1.88. The van der Waals surface area contributed by atoms with Crippen molar-refractivity contribution in [2.45, 2.75) is 96.3 Å². The van der Waals surface area contributed by atoms with Crippen LogP contribution in [0.15, 0.2) is 0 Å². The topological polar surface area (TPSA) is 58.2 Å². The number of nitrogens with one attached hydrogen (secondary N) is 2. The van der Waals surface area contributed by atoms with Gasteiger partial charge in [0.05, 0.1) is 0 Å². The summed E-state index contributed by atoms with van der Waals surface area (Å²) in [6.45, 7) is 1.35. The van der Waals surface area contributed by atoms with E-state index < -0.39 is 0 Å². The molecule has 0 aromatic heterocycles. The van der Waals surface area contributed by atoms with Gasteiger partial charge in [-0.15, -0.1) is 0 Å². The van der Waals surface area contributed by atoms with E-state index in [-0.39, 0.29) is 11.8 Å². The van der Waals surface area contributed by atoms with E-state index in [1.54, 1.807) is 0 Å². The minimum Gasteiger partial charge on any atom is -0.356 e. The van der Waals surface area contributed by atoms with Crippen molar-refractivity contribution in [3.63, 3.8) is 0 Å². The first kappa shape index (κ1) is 20.3. The van der Waals surface area contributed by atoms with Crippen LogP contribution in [0.25, 0.3) is 0 Å². The molecule has 4 heteroatoms. The van der Waals surface area contributed by atoms with Gasteiger partial charge in [-0.3, -0.25) is 9.59 Å². The van der Waals surface area contributed by atoms with E-state index in [9.17, 15) is 9.59 Å². The molecule has 144 valence electrons. The molecule has 0 unspecified atom stereocenters. The molecule has 0 spiro atoms. The highest BCUT2D eigenvalue weighted by molar-refractivity contribution is 5.76. The lowest BCUT2D eigenvalue weighted by atomic mass is 9.86. The molecule has 4 nitrogen and oxygen atoms in total. The molecule has 0 atom stereocenters. The monoisotopic (exact) mass is 350 g/mol. The second-order valence-corrected chi connectivity index (χ2v) is 8.14. The molecular formula is C21H38N2O2. The Morgan fingerprint density at radius 2 is 1.04 bits per heavy atom. The van der Waals surface area contributed by atoms with Crippen molar-refractivity contribution < 1.29 is 9.59 Å². The van der Waals surface area contributed by atoms with E-state index in [0.29, 0.717) is 25.9 Å². The number of carbonyl (C=O) groups excluding carboxylic acids is 2. The van der Waals surface area contributed by atoms with Crippen LogP contribution in [-0.2, 0) is 9.59 Å². The van der Waals surface area contributed by atoms with Crippen molar-refractivity contribution in [1.29, 1.82) is 0 Å². The summed E-state index contributed by atoms with van der Waals surface area (Å²) in [4.78, 5) is 23.7. The fourth-order valence-electron chi connectivity index (χ4n) is 4.34. The average Bonchev–Trinajstić information content (AvgIpc) is 2.66. The molecule has 2 saturated carbocycles. The number of hydrogen-bond donors (Lipinski definition) is 2. The van der Waals surface area contributed by atoms with E-state index in [1.807, 2.05) is 0 Å². The van der Waals surface area contributed by atoms with E-state index in [1.165, 1.54) is 64.2 Å². The Morgan fingerprint density at radius 1 is 0.640 bits per heavy atom. The van der Waals surface area contributed by atoms with Gasteiger partial charge in [0.2, 0.25) is 11.8 Å². The molecule has 0 saturated heterocycles. The van der Waals surface area contributed by atoms with Gasteiger partial charge < -0.3 is 10.6 Å². The third kappa shape index (κ3) is 9.27. The Balaban J connectivity index is 1.40. The molecule has 2 rings (SSSR count). The average molecular weight is 351 g/mol. The van der Waals surface area contributed by atoms with Gasteiger partial charge in [-0.1, -0.05) is 64.2 Å². The first-order valence-corrected chi connectivity index (χ1v) is 10.8. The molecule has 0 heterocycles. The molecule has 0 radical (unpaired) electrons. The van der Waals surface area contributed by atoms with E-state index in [2.05, 4.69) is 10.6 Å². The minimum atomic E-state index is 0.175. The molecule has 25 heavy (non-hydrogen) atoms. The smallest absolute Gasteiger partial charge is 0.220 e. The summed E-state index contributed by atoms with van der Waals surface area (Å²) in [6.07, 6.45) is 17.6. The second-order valence-electron chi connectivity index (χ2n) is 8.14. The molecule has 2 fully saturated rings. The molecule has 2 N–H and O–H groups in total. The third-order valence-corrected chi connectivity index (χ3v) is 6.01. The van der Waals surface area contributed by atoms with Gasteiger partial charge >= 0.3 is 0 Å². The Labute approximate surface area is 153 Å². The molecule has 0 bridgehead atoms. The van der Waals surface area contributed by atoms with Crippen molar-refractivity contribution in [2.24, 2.45) is 11.8 Å². The highest BCUT2D eigenvalue weighted by Crippen LogP contribution is 2.27. The number of amides is 2. The Bertz CT molecular complexity index is 349. The van der Waals surface area contributed by atoms with Crippen LogP contribution >= 0.6 is 0 Å². The molecule has 2 aliphatic carbocycles. The van der Waals surface area contributed by atoms with E-state index in [4.69, 9.17) is 0 Å². The zero-order valence-electron chi connectivity index (χ0n) is 16.0. The summed E-state index contributed by atoms with van der Waals surface area (Å²) in [7, 11) is 0. The van der Waals surface area contributed by atoms with Gasteiger partial charge in [0.25, 0.3) is 0 Å². The lowest BCUT2D eigenvalue weighted by molar-refractivity contribution is -0.121. The molecule has 0 aromatic carbocycles. The first-order chi connectivity index (χ1) is 12.2. The van der Waals surface area contributed by atoms with Crippen molar-refractivity contribution in [2.75, 3.05) is 13.1 Å². The third-order valence-electron chi connectivity index (χ3n) is 6.01. The van der Waals surface area contributed by atoms with Crippen molar-refractivity contribution >= 4 is 11.8 Å². The quantitative estimate of drug-likeness (QED) is 0.576. The molecule has 2 amide bonds. The highest BCUT2D eigenvalue weighted by atomic mass is 16.2. The van der Waals surface area contributed by atoms with E-state index >= 15 is 0 Å². The summed E-state index contributed by atoms with van der Waals surface area (Å²) < 4.78 is 0. The maximum absolute atomic E-state index is 11.9. The molecule has 0 aliphatic heterocycles. The number of rotatable bonds is 10. The normalized spacial score (nSPS) is 19.5. The summed E-state index contributed by atoms with van der Waals surface area (Å²) in [5.41, 5.74) is 0. The summed E-state index contributed by atoms with van der Waals surface area (Å²) in [5, 5.41) is 5.98. The number of hydrogen-bond acceptors (Lipinski definition) is 2. The summed E-state index contributed by atoms with van der Waals surface area (Å²) in [6, 6.07) is 0. The zero-order chi connectivity index (χ0) is 17.7. The SMILES string of the molecule is O=C(CCC1CCCCC1)NCCCNC(=O)CCC1CCCCC1. The predicted octanol–water partition coefficient (Wildman–Crippen LogP) is 4.33. The molecule has 2 aliphatic rings. The van der Waals surface area contributed by atoms with Gasteiger partial charge in [-0.25, -0.2) is 0 Å². The van der Waals surface area contributed by atoms with Gasteiger partial charge in [-0.05, 0) is 31.1 Å². The molecular weight excluding hydrogens is 312 g/mol. The van der Waals surface area contributed by atoms with Crippen molar-refractivity contribution in [3.8, 4) is 0 Å². The standard InChI is InChI=1S/C21H38N2O2/c24-20(14-12-18-8-3-1-4-9-18)22-16-7-17-23-21(25)15-13-19-10-5-2-6-11-19/h18-19H,1-17H2,(H,22,24)(H,23,25). The van der Waals surface area contributed by atoms with Crippen molar-refractivity contribution in [1.82, 2.24) is 10.6 Å². The Morgan fingerprint density at radius 3 is 1.44 bits per heavy atom. The van der Waals surface area contributed by atoms with Crippen LogP contribution in [0.1, 0.15) is 96.3 Å². The van der Waals surface area contributed by atoms with Crippen LogP contribution in [0.2, 0.25) is 0 Å². The minimum absolute atomic E-state index is 0.175. The fourth-order valence-corrected chi connectivity index (χ4v) is 4.34. The largest absolute Gasteiger partial charge is 0.356 e. The Kier molecular flexibility index (Phi) is 9.98. The maximum Gasteiger partial charge on any atom is 0.220 e. The van der Waals surface area contributed by atoms with Gasteiger partial charge in [0, 0.05) is 25.9 Å². The second kappa shape index (κ2) is 12.3. The van der Waals surface area contributed by atoms with Gasteiger partial charge in [-0.2, -0.15) is 0 Å². The van der Waals surface area contributed by atoms with Crippen LogP contribution in [-0.4, -0.2) is 24.9 Å². The lowest BCUT2D eigenvalue weighted by Crippen LogP contribution is -2.30. The van der Waals surface area contributed by atoms with Crippen LogP contribution in [0.3, 0.4) is 0 Å².